The van der Waals surface area contributed by atoms with Crippen molar-refractivity contribution in [2.45, 2.75) is 19.3 Å². The maximum Gasteiger partial charge on any atom is 0.186 e. The van der Waals surface area contributed by atoms with Gasteiger partial charge in [-0.25, -0.2) is 0 Å². The Morgan fingerprint density at radius 3 is 2.52 bits per heavy atom. The van der Waals surface area contributed by atoms with E-state index in [1.54, 1.807) is 15.9 Å². The average molecular weight is 376 g/mol. The predicted octanol–water partition coefficient (Wildman–Crippen LogP) is 4.59. The van der Waals surface area contributed by atoms with Gasteiger partial charge in [0.05, 0.1) is 0 Å². The number of hydrogen-bond acceptors (Lipinski definition) is 6. The quantitative estimate of drug-likeness (QED) is 0.565. The first kappa shape index (κ1) is 16.3. The van der Waals surface area contributed by atoms with Crippen molar-refractivity contribution in [3.8, 4) is 11.4 Å². The van der Waals surface area contributed by atoms with E-state index in [2.05, 4.69) is 55.2 Å². The molecule has 5 rings (SSSR count). The normalized spacial score (nSPS) is 14.6. The Hall–Kier alpha value is -2.93. The van der Waals surface area contributed by atoms with E-state index < -0.39 is 0 Å². The highest BCUT2D eigenvalue weighted by molar-refractivity contribution is 7.08. The molecule has 3 aromatic heterocycles. The molecule has 0 atom stereocenters. The Morgan fingerprint density at radius 1 is 0.889 bits per heavy atom. The maximum atomic E-state index is 4.67. The lowest BCUT2D eigenvalue weighted by molar-refractivity contribution is 0.578. The third-order valence-corrected chi connectivity index (χ3v) is 5.59. The van der Waals surface area contributed by atoms with E-state index in [1.165, 1.54) is 24.9 Å². The van der Waals surface area contributed by atoms with Crippen LogP contribution in [0.1, 0.15) is 19.3 Å². The van der Waals surface area contributed by atoms with Crippen molar-refractivity contribution < 1.29 is 0 Å². The topological polar surface area (TPSA) is 58.4 Å². The van der Waals surface area contributed by atoms with Gasteiger partial charge in [-0.3, -0.25) is 0 Å². The monoisotopic (exact) mass is 376 g/mol. The number of nitrogens with one attached hydrogen (secondary N) is 1. The molecule has 0 amide bonds. The summed E-state index contributed by atoms with van der Waals surface area (Å²) in [5, 5.41) is 20.6. The zero-order valence-electron chi connectivity index (χ0n) is 14.9. The van der Waals surface area contributed by atoms with Gasteiger partial charge in [0.2, 0.25) is 0 Å². The number of rotatable bonds is 4. The van der Waals surface area contributed by atoms with Crippen molar-refractivity contribution in [3.05, 3.63) is 53.2 Å². The number of anilines is 3. The van der Waals surface area contributed by atoms with Crippen LogP contribution in [0.4, 0.5) is 17.2 Å². The van der Waals surface area contributed by atoms with Gasteiger partial charge in [0, 0.05) is 35.4 Å². The molecule has 4 aromatic rings. The summed E-state index contributed by atoms with van der Waals surface area (Å²) < 4.78 is 1.78. The summed E-state index contributed by atoms with van der Waals surface area (Å²) in [6.45, 7) is 2.31. The number of benzene rings is 1. The van der Waals surface area contributed by atoms with E-state index in [9.17, 15) is 0 Å². The molecule has 4 heterocycles. The third kappa shape index (κ3) is 3.26. The van der Waals surface area contributed by atoms with Crippen molar-refractivity contribution in [1.82, 2.24) is 19.8 Å². The van der Waals surface area contributed by atoms with Gasteiger partial charge in [-0.1, -0.05) is 0 Å². The van der Waals surface area contributed by atoms with Gasteiger partial charge in [-0.2, -0.15) is 15.9 Å². The van der Waals surface area contributed by atoms with Crippen LogP contribution in [0.3, 0.4) is 0 Å². The predicted molar refractivity (Wildman–Crippen MR) is 110 cm³/mol. The molecule has 136 valence electrons. The molecule has 0 unspecified atom stereocenters. The Bertz CT molecular complexity index is 1030. The highest BCUT2D eigenvalue weighted by Crippen LogP contribution is 2.24. The van der Waals surface area contributed by atoms with E-state index in [0.717, 1.165) is 41.6 Å². The van der Waals surface area contributed by atoms with Crippen molar-refractivity contribution in [2.24, 2.45) is 0 Å². The summed E-state index contributed by atoms with van der Waals surface area (Å²) in [6.07, 6.45) is 3.92. The van der Waals surface area contributed by atoms with Crippen molar-refractivity contribution in [3.63, 3.8) is 0 Å². The molecule has 1 fully saturated rings. The number of piperidine rings is 1. The second-order valence-corrected chi connectivity index (χ2v) is 7.52. The lowest BCUT2D eigenvalue weighted by Crippen LogP contribution is -2.29. The Kier molecular flexibility index (Phi) is 4.21. The van der Waals surface area contributed by atoms with Crippen LogP contribution in [-0.2, 0) is 0 Å². The second-order valence-electron chi connectivity index (χ2n) is 6.74. The van der Waals surface area contributed by atoms with Crippen LogP contribution in [0.15, 0.2) is 53.2 Å². The molecule has 0 saturated carbocycles. The van der Waals surface area contributed by atoms with Gasteiger partial charge >= 0.3 is 0 Å². The van der Waals surface area contributed by atoms with Gasteiger partial charge in [-0.15, -0.1) is 15.3 Å². The van der Waals surface area contributed by atoms with Crippen LogP contribution in [0, 0.1) is 0 Å². The molecule has 0 spiro atoms. The van der Waals surface area contributed by atoms with E-state index in [0.29, 0.717) is 0 Å². The van der Waals surface area contributed by atoms with Crippen molar-refractivity contribution in [2.75, 3.05) is 23.3 Å². The van der Waals surface area contributed by atoms with Gasteiger partial charge in [0.1, 0.15) is 0 Å². The van der Waals surface area contributed by atoms with Crippen LogP contribution >= 0.6 is 11.3 Å². The molecule has 1 aliphatic rings. The minimum Gasteiger partial charge on any atom is -0.372 e. The molecule has 0 bridgehead atoms. The zero-order chi connectivity index (χ0) is 18.1. The number of hydrogen-bond donors (Lipinski definition) is 1. The number of aromatic nitrogens is 4. The Balaban J connectivity index is 1.38. The second kappa shape index (κ2) is 7.00. The molecule has 1 N–H and O–H groups in total. The maximum absolute atomic E-state index is 4.67. The van der Waals surface area contributed by atoms with Gasteiger partial charge in [0.15, 0.2) is 17.3 Å². The Morgan fingerprint density at radius 2 is 1.74 bits per heavy atom. The summed E-state index contributed by atoms with van der Waals surface area (Å²) in [7, 11) is 0. The smallest absolute Gasteiger partial charge is 0.186 e. The highest BCUT2D eigenvalue weighted by Gasteiger charge is 2.12. The lowest BCUT2D eigenvalue weighted by Gasteiger charge is -2.28. The SMILES string of the molecule is c1cc(-c2nnc3ccc(Nc4ccc(N5CCCCC5)cc4)nn23)cs1. The number of fused-ring (bicyclic) bond motifs is 1. The van der Waals surface area contributed by atoms with Gasteiger partial charge < -0.3 is 10.2 Å². The molecule has 0 radical (unpaired) electrons. The van der Waals surface area contributed by atoms with E-state index in [4.69, 9.17) is 0 Å². The van der Waals surface area contributed by atoms with Crippen LogP contribution in [0.25, 0.3) is 17.0 Å². The standard InChI is InChI=1S/C20H20N6S/c1-2-11-25(12-3-1)17-6-4-16(5-7-17)21-18-8-9-19-22-23-20(26(19)24-18)15-10-13-27-14-15/h4-10,13-14H,1-3,11-12H2,(H,21,24). The Labute approximate surface area is 161 Å². The highest BCUT2D eigenvalue weighted by atomic mass is 32.1. The minimum absolute atomic E-state index is 0.738. The third-order valence-electron chi connectivity index (χ3n) is 4.90. The van der Waals surface area contributed by atoms with Crippen molar-refractivity contribution >= 4 is 34.2 Å². The van der Waals surface area contributed by atoms with Crippen molar-refractivity contribution in [1.29, 1.82) is 0 Å². The summed E-state index contributed by atoms with van der Waals surface area (Å²) in [6, 6.07) is 14.5. The summed E-state index contributed by atoms with van der Waals surface area (Å²) in [4.78, 5) is 2.46. The average Bonchev–Trinajstić information content (AvgIpc) is 3.38. The van der Waals surface area contributed by atoms with Crippen LogP contribution in [0.2, 0.25) is 0 Å². The molecule has 0 aliphatic carbocycles. The first-order valence-electron chi connectivity index (χ1n) is 9.24. The number of thiophene rings is 1. The fourth-order valence-corrected chi connectivity index (χ4v) is 4.12. The fraction of sp³-hybridized carbons (Fsp3) is 0.250. The van der Waals surface area contributed by atoms with Crippen LogP contribution < -0.4 is 10.2 Å². The molecule has 1 aromatic carbocycles. The molecular formula is C20H20N6S. The number of nitrogens with zero attached hydrogens (tertiary/aromatic N) is 5. The first-order valence-corrected chi connectivity index (χ1v) is 10.2. The molecule has 1 saturated heterocycles. The van der Waals surface area contributed by atoms with Crippen LogP contribution in [-0.4, -0.2) is 32.9 Å². The fourth-order valence-electron chi connectivity index (χ4n) is 3.48. The lowest BCUT2D eigenvalue weighted by atomic mass is 10.1. The molecule has 1 aliphatic heterocycles. The zero-order valence-corrected chi connectivity index (χ0v) is 15.7. The van der Waals surface area contributed by atoms with Gasteiger partial charge in [0.25, 0.3) is 0 Å². The van der Waals surface area contributed by atoms with E-state index in [1.807, 2.05) is 23.6 Å². The summed E-state index contributed by atoms with van der Waals surface area (Å²) in [5.41, 5.74) is 4.08. The van der Waals surface area contributed by atoms with E-state index in [-0.39, 0.29) is 0 Å². The van der Waals surface area contributed by atoms with Gasteiger partial charge in [-0.05, 0) is 67.1 Å². The summed E-state index contributed by atoms with van der Waals surface area (Å²) >= 11 is 1.64. The van der Waals surface area contributed by atoms with E-state index >= 15 is 0 Å². The molecule has 7 heteroatoms. The molecular weight excluding hydrogens is 356 g/mol. The molecule has 27 heavy (non-hydrogen) atoms. The minimum atomic E-state index is 0.738. The molecule has 6 nitrogen and oxygen atoms in total. The summed E-state index contributed by atoms with van der Waals surface area (Å²) in [5.74, 6) is 1.53. The first-order chi connectivity index (χ1) is 13.4. The van der Waals surface area contributed by atoms with Crippen LogP contribution in [0.5, 0.6) is 0 Å². The largest absolute Gasteiger partial charge is 0.372 e.